The van der Waals surface area contributed by atoms with Crippen molar-refractivity contribution in [1.29, 1.82) is 0 Å². The third kappa shape index (κ3) is 3.42. The van der Waals surface area contributed by atoms with Gasteiger partial charge in [0.2, 0.25) is 11.7 Å². The van der Waals surface area contributed by atoms with E-state index in [0.29, 0.717) is 10.5 Å². The summed E-state index contributed by atoms with van der Waals surface area (Å²) in [6.45, 7) is 6.08. The number of carboxylic acid groups (broad SMARTS) is 1. The number of nitrogens with two attached hydrogens (primary N) is 1. The standard InChI is InChI=1S/C25H23N5O7S/c1-9-15(19(24(35)36)30-18(9)16(11(3)31)22(30)34)14-8-29-21(12(4)32)27-17(23(29)38-14)20(33)13-6-5-7-28(10(13)2)25(26)37/h5-9,11,16,18,31H,1-4H3,(H2-,26,35,36,37)/t9-,11+,16+,18+/m0/s1. The number of Topliss-reactive ketones (excluding diaryl/α,β-unsaturated/α-hetero) is 1. The Balaban J connectivity index is 1.69. The van der Waals surface area contributed by atoms with Crippen molar-refractivity contribution in [3.63, 3.8) is 0 Å². The van der Waals surface area contributed by atoms with Crippen molar-refractivity contribution in [2.45, 2.75) is 39.8 Å². The van der Waals surface area contributed by atoms with Gasteiger partial charge in [0.25, 0.3) is 0 Å². The van der Waals surface area contributed by atoms with Crippen molar-refractivity contribution in [3.8, 4) is 0 Å². The molecule has 5 heterocycles. The molecular weight excluding hydrogens is 514 g/mol. The summed E-state index contributed by atoms with van der Waals surface area (Å²) in [7, 11) is 0. The van der Waals surface area contributed by atoms with E-state index in [1.807, 2.05) is 0 Å². The lowest BCUT2D eigenvalue weighted by Gasteiger charge is -2.47. The molecule has 0 unspecified atom stereocenters. The lowest BCUT2D eigenvalue weighted by atomic mass is 9.77. The van der Waals surface area contributed by atoms with E-state index in [4.69, 9.17) is 5.73 Å². The molecule has 0 radical (unpaired) electrons. The molecule has 2 aliphatic rings. The summed E-state index contributed by atoms with van der Waals surface area (Å²) in [6.07, 6.45) is 1.97. The maximum absolute atomic E-state index is 13.6. The van der Waals surface area contributed by atoms with E-state index in [1.54, 1.807) is 13.8 Å². The number of hydrogen-bond donors (Lipinski definition) is 2. The molecule has 0 saturated carbocycles. The third-order valence-electron chi connectivity index (χ3n) is 7.21. The molecule has 2 aliphatic heterocycles. The molecule has 1 fully saturated rings. The van der Waals surface area contributed by atoms with E-state index in [2.05, 4.69) is 4.98 Å². The molecule has 13 heteroatoms. The second kappa shape index (κ2) is 8.67. The van der Waals surface area contributed by atoms with Crippen molar-refractivity contribution in [2.75, 3.05) is 0 Å². The van der Waals surface area contributed by atoms with Crippen LogP contribution in [0.5, 0.6) is 0 Å². The van der Waals surface area contributed by atoms with Gasteiger partial charge in [-0.05, 0) is 26.0 Å². The van der Waals surface area contributed by atoms with Gasteiger partial charge in [-0.2, -0.15) is 9.36 Å². The predicted octanol–water partition coefficient (Wildman–Crippen LogP) is -0.329. The molecule has 196 valence electrons. The number of nitrogens with zero attached hydrogens (tertiary/aromatic N) is 4. The molecule has 5 rings (SSSR count). The molecule has 3 N–H and O–H groups in total. The fraction of sp³-hybridized carbons (Fsp3) is 0.320. The number of imidazole rings is 1. The van der Waals surface area contributed by atoms with Crippen LogP contribution in [0.3, 0.4) is 0 Å². The number of aliphatic carboxylic acids is 1. The minimum atomic E-state index is -1.54. The van der Waals surface area contributed by atoms with Crippen LogP contribution in [0.15, 0.2) is 30.2 Å². The Morgan fingerprint density at radius 3 is 2.55 bits per heavy atom. The van der Waals surface area contributed by atoms with Crippen LogP contribution in [0.4, 0.5) is 4.79 Å². The molecule has 4 atom stereocenters. The average Bonchev–Trinajstić information content (AvgIpc) is 3.46. The van der Waals surface area contributed by atoms with Crippen LogP contribution in [0.1, 0.15) is 58.0 Å². The quantitative estimate of drug-likeness (QED) is 0.244. The van der Waals surface area contributed by atoms with Gasteiger partial charge in [-0.1, -0.05) is 6.92 Å². The summed E-state index contributed by atoms with van der Waals surface area (Å²) < 4.78 is 2.54. The van der Waals surface area contributed by atoms with E-state index >= 15 is 0 Å². The predicted molar refractivity (Wildman–Crippen MR) is 130 cm³/mol. The van der Waals surface area contributed by atoms with E-state index < -0.39 is 53.5 Å². The van der Waals surface area contributed by atoms with Gasteiger partial charge >= 0.3 is 6.03 Å². The third-order valence-corrected chi connectivity index (χ3v) is 8.34. The maximum atomic E-state index is 13.6. The first kappa shape index (κ1) is 25.4. The Hall–Kier alpha value is -4.23. The van der Waals surface area contributed by atoms with Gasteiger partial charge in [-0.3, -0.25) is 24.5 Å². The number of ketones is 2. The Bertz CT molecular complexity index is 1630. The van der Waals surface area contributed by atoms with Crippen LogP contribution in [-0.2, 0) is 9.59 Å². The zero-order valence-electron chi connectivity index (χ0n) is 20.8. The molecule has 3 aromatic rings. The van der Waals surface area contributed by atoms with E-state index in [9.17, 15) is 34.2 Å². The van der Waals surface area contributed by atoms with Crippen molar-refractivity contribution < 1.29 is 38.8 Å². The zero-order chi connectivity index (χ0) is 27.8. The number of thiazole rings is 1. The number of primary amides is 1. The number of carboxylic acids is 1. The molecule has 0 bridgehead atoms. The van der Waals surface area contributed by atoms with Gasteiger partial charge in [0.15, 0.2) is 11.6 Å². The molecule has 0 aliphatic carbocycles. The number of carbonyl (C=O) groups is 5. The minimum absolute atomic E-state index is 0.0373. The normalized spacial score (nSPS) is 21.4. The Morgan fingerprint density at radius 2 is 1.97 bits per heavy atom. The fourth-order valence-electron chi connectivity index (χ4n) is 5.48. The second-order valence-electron chi connectivity index (χ2n) is 9.46. The van der Waals surface area contributed by atoms with Crippen LogP contribution < -0.4 is 15.4 Å². The Morgan fingerprint density at radius 1 is 1.29 bits per heavy atom. The van der Waals surface area contributed by atoms with E-state index in [1.165, 1.54) is 42.8 Å². The number of pyridine rings is 1. The number of amides is 2. The first-order chi connectivity index (χ1) is 17.9. The lowest BCUT2D eigenvalue weighted by Crippen LogP contribution is -2.64. The molecule has 1 saturated heterocycles. The summed E-state index contributed by atoms with van der Waals surface area (Å²) in [5.41, 5.74) is 5.79. The van der Waals surface area contributed by atoms with Gasteiger partial charge in [0.05, 0.1) is 46.4 Å². The smallest absolute Gasteiger partial charge is 0.493 e. The minimum Gasteiger partial charge on any atom is -0.543 e. The second-order valence-corrected chi connectivity index (χ2v) is 10.5. The van der Waals surface area contributed by atoms with E-state index in [-0.39, 0.29) is 33.3 Å². The van der Waals surface area contributed by atoms with Crippen molar-refractivity contribution >= 4 is 51.2 Å². The van der Waals surface area contributed by atoms with Crippen LogP contribution in [0, 0.1) is 18.8 Å². The van der Waals surface area contributed by atoms with Gasteiger partial charge in [0.1, 0.15) is 16.2 Å². The largest absolute Gasteiger partial charge is 0.543 e. The topological polar surface area (TPSA) is 179 Å². The molecule has 38 heavy (non-hydrogen) atoms. The number of aliphatic hydroxyl groups is 1. The number of hydrogen-bond acceptors (Lipinski definition) is 9. The highest BCUT2D eigenvalue weighted by Gasteiger charge is 2.59. The van der Waals surface area contributed by atoms with E-state index in [0.717, 1.165) is 20.8 Å². The monoisotopic (exact) mass is 537 g/mol. The van der Waals surface area contributed by atoms with Crippen molar-refractivity contribution in [3.05, 3.63) is 57.9 Å². The molecule has 0 aromatic carbocycles. The van der Waals surface area contributed by atoms with Gasteiger partial charge < -0.3 is 19.9 Å². The zero-order valence-corrected chi connectivity index (χ0v) is 21.6. The summed E-state index contributed by atoms with van der Waals surface area (Å²) in [5.74, 6) is -4.29. The van der Waals surface area contributed by atoms with Crippen LogP contribution >= 0.6 is 11.3 Å². The van der Waals surface area contributed by atoms with Crippen LogP contribution in [-0.4, -0.2) is 61.0 Å². The highest BCUT2D eigenvalue weighted by Crippen LogP contribution is 2.51. The SMILES string of the molecule is CC(=O)c1nc(C(=O)c2ccc[n+](C(N)=O)c2C)c2sc(C3=C(C(=O)[O-])N4C(=O)[C@H]([C@@H](C)O)[C@H]4[C@H]3C)cn12. The van der Waals surface area contributed by atoms with Gasteiger partial charge in [0, 0.05) is 24.6 Å². The average molecular weight is 538 g/mol. The van der Waals surface area contributed by atoms with Crippen LogP contribution in [0.25, 0.3) is 10.4 Å². The summed E-state index contributed by atoms with van der Waals surface area (Å²) in [5, 5.41) is 22.3. The highest BCUT2D eigenvalue weighted by atomic mass is 32.1. The van der Waals surface area contributed by atoms with Crippen molar-refractivity contribution in [1.82, 2.24) is 14.3 Å². The number of rotatable bonds is 6. The number of aliphatic hydroxyl groups excluding tert-OH is 1. The van der Waals surface area contributed by atoms with Crippen molar-refractivity contribution in [2.24, 2.45) is 17.6 Å². The summed E-state index contributed by atoms with van der Waals surface area (Å²) >= 11 is 1.05. The number of β-lactam (4-membered cyclic amide) rings is 1. The molecule has 12 nitrogen and oxygen atoms in total. The number of aromatic nitrogens is 3. The summed E-state index contributed by atoms with van der Waals surface area (Å²) in [6, 6.07) is 1.66. The highest BCUT2D eigenvalue weighted by molar-refractivity contribution is 7.18. The Kier molecular flexibility index (Phi) is 5.80. The Labute approximate surface area is 219 Å². The number of fused-ring (bicyclic) bond motifs is 2. The molecule has 0 spiro atoms. The summed E-state index contributed by atoms with van der Waals surface area (Å²) in [4.78, 5) is 68.8. The van der Waals surface area contributed by atoms with Crippen LogP contribution in [0.2, 0.25) is 0 Å². The first-order valence-electron chi connectivity index (χ1n) is 11.7. The van der Waals surface area contributed by atoms with Gasteiger partial charge in [-0.15, -0.1) is 11.3 Å². The fourth-order valence-corrected chi connectivity index (χ4v) is 6.71. The van der Waals surface area contributed by atoms with Gasteiger partial charge in [-0.25, -0.2) is 4.98 Å². The molecule has 3 aromatic heterocycles. The lowest BCUT2D eigenvalue weighted by molar-refractivity contribution is -0.576. The molecular formula is C25H23N5O7S. The number of carbonyl (C=O) groups excluding carboxylic acids is 5. The maximum Gasteiger partial charge on any atom is 0.493 e. The molecule has 2 amide bonds. The first-order valence-corrected chi connectivity index (χ1v) is 12.5.